The molecule has 0 aromatic heterocycles. The van der Waals surface area contributed by atoms with Gasteiger partial charge in [0.15, 0.2) is 0 Å². The van der Waals surface area contributed by atoms with E-state index in [2.05, 4.69) is 16.0 Å². The first-order valence-electron chi connectivity index (χ1n) is 17.0. The molecule has 5 rings (SSSR count). The van der Waals surface area contributed by atoms with Crippen molar-refractivity contribution in [2.75, 3.05) is 13.1 Å². The second-order valence-corrected chi connectivity index (χ2v) is 14.3. The number of allylic oxidation sites excluding steroid dienone is 1. The van der Waals surface area contributed by atoms with Crippen molar-refractivity contribution in [3.05, 3.63) is 48.0 Å². The van der Waals surface area contributed by atoms with E-state index in [4.69, 9.17) is 4.74 Å². The van der Waals surface area contributed by atoms with Gasteiger partial charge in [0, 0.05) is 32.0 Å². The predicted octanol–water partition coefficient (Wildman–Crippen LogP) is 2.54. The van der Waals surface area contributed by atoms with Crippen molar-refractivity contribution in [1.82, 2.24) is 25.8 Å². The molecule has 1 aromatic carbocycles. The van der Waals surface area contributed by atoms with E-state index in [9.17, 15) is 29.1 Å². The van der Waals surface area contributed by atoms with Crippen molar-refractivity contribution in [3.63, 3.8) is 0 Å². The molecule has 47 heavy (non-hydrogen) atoms. The summed E-state index contributed by atoms with van der Waals surface area (Å²) >= 11 is 0. The highest BCUT2D eigenvalue weighted by Crippen LogP contribution is 2.47. The Kier molecular flexibility index (Phi) is 10.6. The van der Waals surface area contributed by atoms with E-state index >= 15 is 0 Å². The molecule has 3 fully saturated rings. The number of benzene rings is 1. The zero-order valence-corrected chi connectivity index (χ0v) is 27.7. The molecule has 3 heterocycles. The van der Waals surface area contributed by atoms with Crippen LogP contribution in [0.2, 0.25) is 0 Å². The van der Waals surface area contributed by atoms with Crippen LogP contribution in [0, 0.1) is 5.92 Å². The number of aliphatic hydroxyl groups is 1. The number of hydrogen-bond donors (Lipinski definition) is 4. The van der Waals surface area contributed by atoms with E-state index in [1.54, 1.807) is 25.7 Å². The summed E-state index contributed by atoms with van der Waals surface area (Å²) in [5.41, 5.74) is -1.05. The largest absolute Gasteiger partial charge is 0.444 e. The number of aliphatic hydroxyl groups excluding tert-OH is 1. The molecule has 3 aliphatic heterocycles. The minimum Gasteiger partial charge on any atom is -0.444 e. The first-order valence-corrected chi connectivity index (χ1v) is 17.0. The molecule has 0 bridgehead atoms. The van der Waals surface area contributed by atoms with Gasteiger partial charge < -0.3 is 35.6 Å². The second kappa shape index (κ2) is 14.5. The van der Waals surface area contributed by atoms with Gasteiger partial charge in [-0.3, -0.25) is 19.2 Å². The van der Waals surface area contributed by atoms with Crippen LogP contribution in [0.5, 0.6) is 0 Å². The zero-order valence-electron chi connectivity index (χ0n) is 27.7. The van der Waals surface area contributed by atoms with Crippen molar-refractivity contribution in [2.24, 2.45) is 5.92 Å². The van der Waals surface area contributed by atoms with Crippen molar-refractivity contribution in [1.29, 1.82) is 0 Å². The Bertz CT molecular complexity index is 1360. The maximum Gasteiger partial charge on any atom is 0.408 e. The van der Waals surface area contributed by atoms with Crippen LogP contribution < -0.4 is 16.0 Å². The molecule has 1 aliphatic carbocycles. The Morgan fingerprint density at radius 3 is 2.57 bits per heavy atom. The molecule has 256 valence electrons. The average Bonchev–Trinajstić information content (AvgIpc) is 3.32. The maximum absolute atomic E-state index is 14.3. The summed E-state index contributed by atoms with van der Waals surface area (Å²) in [5.74, 6) is -1.79. The molecule has 4 N–H and O–H groups in total. The van der Waals surface area contributed by atoms with Gasteiger partial charge in [-0.2, -0.15) is 0 Å². The zero-order chi connectivity index (χ0) is 33.8. The molecule has 2 saturated heterocycles. The van der Waals surface area contributed by atoms with Crippen molar-refractivity contribution < 1.29 is 33.8 Å². The van der Waals surface area contributed by atoms with Crippen LogP contribution in [0.4, 0.5) is 4.79 Å². The van der Waals surface area contributed by atoms with Crippen LogP contribution >= 0.6 is 0 Å². The number of rotatable bonds is 5. The van der Waals surface area contributed by atoms with Gasteiger partial charge in [0.2, 0.25) is 23.6 Å². The number of hydrogen-bond acceptors (Lipinski definition) is 7. The Morgan fingerprint density at radius 2 is 1.83 bits per heavy atom. The minimum absolute atomic E-state index is 0.00966. The van der Waals surface area contributed by atoms with Gasteiger partial charge in [-0.1, -0.05) is 55.3 Å². The van der Waals surface area contributed by atoms with E-state index in [0.717, 1.165) is 24.8 Å². The van der Waals surface area contributed by atoms with Gasteiger partial charge >= 0.3 is 6.09 Å². The standard InChI is InChI=1S/C35H49N5O7/c1-34(2,3)47-33(46)37-26-16-11-6-4-5-10-15-24-20-35(24,38-30(43)28-19-25(41)22-40(28)31(26)44)32(45)39-18-12-17-27(39)29(42)36-21-23-13-8-7-9-14-23/h7-10,13-15,24-28,41H,4-6,11-12,16-22H2,1-3H3,(H,36,42)(H,37,46)(H,38,43)/b15-10-/t24-,25+,26-,27+,28-,35+/m0/s1. The summed E-state index contributed by atoms with van der Waals surface area (Å²) in [4.78, 5) is 71.1. The van der Waals surface area contributed by atoms with Crippen molar-refractivity contribution in [2.45, 2.75) is 120 Å². The highest BCUT2D eigenvalue weighted by molar-refractivity contribution is 6.00. The monoisotopic (exact) mass is 651 g/mol. The molecule has 0 unspecified atom stereocenters. The molecule has 0 radical (unpaired) electrons. The third kappa shape index (κ3) is 8.33. The predicted molar refractivity (Wildman–Crippen MR) is 174 cm³/mol. The van der Waals surface area contributed by atoms with E-state index in [0.29, 0.717) is 45.2 Å². The first kappa shape index (κ1) is 34.4. The lowest BCUT2D eigenvalue weighted by Crippen LogP contribution is -2.59. The molecule has 6 atom stereocenters. The molecule has 12 nitrogen and oxygen atoms in total. The second-order valence-electron chi connectivity index (χ2n) is 14.3. The number of nitrogens with one attached hydrogen (secondary N) is 3. The number of carbonyl (C=O) groups excluding carboxylic acids is 5. The van der Waals surface area contributed by atoms with Gasteiger partial charge in [0.05, 0.1) is 6.10 Å². The fraction of sp³-hybridized carbons (Fsp3) is 0.629. The number of amides is 5. The van der Waals surface area contributed by atoms with E-state index in [1.165, 1.54) is 4.90 Å². The molecule has 1 saturated carbocycles. The summed E-state index contributed by atoms with van der Waals surface area (Å²) < 4.78 is 5.41. The molecule has 12 heteroatoms. The summed E-state index contributed by atoms with van der Waals surface area (Å²) in [6.45, 7) is 5.89. The molecule has 1 aromatic rings. The molecule has 4 aliphatic rings. The molecular formula is C35H49N5O7. The lowest BCUT2D eigenvalue weighted by atomic mass is 10.0. The Morgan fingerprint density at radius 1 is 1.06 bits per heavy atom. The fourth-order valence-corrected chi connectivity index (χ4v) is 6.97. The highest BCUT2D eigenvalue weighted by atomic mass is 16.6. The number of fused-ring (bicyclic) bond motifs is 2. The normalized spacial score (nSPS) is 30.6. The van der Waals surface area contributed by atoms with Crippen LogP contribution in [0.1, 0.15) is 84.1 Å². The lowest BCUT2D eigenvalue weighted by molar-refractivity contribution is -0.145. The summed E-state index contributed by atoms with van der Waals surface area (Å²) in [6.07, 6.45) is 7.41. The SMILES string of the molecule is CC(C)(C)OC(=O)N[C@H]1CCCCC/C=C\[C@H]2C[C@@]2(C(=O)N2CCC[C@@H]2C(=O)NCc2ccccc2)NC(=O)[C@@H]2C[C@@H](O)CN2C1=O. The van der Waals surface area contributed by atoms with Gasteiger partial charge in [-0.15, -0.1) is 0 Å². The number of likely N-dealkylation sites (tertiary alicyclic amines) is 1. The number of nitrogens with zero attached hydrogens (tertiary/aromatic N) is 2. The molecular weight excluding hydrogens is 602 g/mol. The van der Waals surface area contributed by atoms with Crippen LogP contribution in [0.15, 0.2) is 42.5 Å². The third-order valence-corrected chi connectivity index (χ3v) is 9.45. The van der Waals surface area contributed by atoms with Gasteiger partial charge in [0.25, 0.3) is 0 Å². The summed E-state index contributed by atoms with van der Waals surface area (Å²) in [5, 5.41) is 19.3. The first-order chi connectivity index (χ1) is 22.4. The summed E-state index contributed by atoms with van der Waals surface area (Å²) in [6, 6.07) is 6.96. The summed E-state index contributed by atoms with van der Waals surface area (Å²) in [7, 11) is 0. The Labute approximate surface area is 276 Å². The smallest absolute Gasteiger partial charge is 0.408 e. The average molecular weight is 652 g/mol. The van der Waals surface area contributed by atoms with Gasteiger partial charge in [-0.25, -0.2) is 4.79 Å². The van der Waals surface area contributed by atoms with Gasteiger partial charge in [-0.05, 0) is 64.9 Å². The van der Waals surface area contributed by atoms with E-state index in [-0.39, 0.29) is 30.7 Å². The van der Waals surface area contributed by atoms with Crippen LogP contribution in [0.3, 0.4) is 0 Å². The van der Waals surface area contributed by atoms with Crippen molar-refractivity contribution in [3.8, 4) is 0 Å². The van der Waals surface area contributed by atoms with E-state index in [1.807, 2.05) is 42.5 Å². The van der Waals surface area contributed by atoms with Crippen LogP contribution in [-0.4, -0.2) is 93.1 Å². The van der Waals surface area contributed by atoms with Crippen LogP contribution in [-0.2, 0) is 30.5 Å². The maximum atomic E-state index is 14.3. The number of alkyl carbamates (subject to hydrolysis) is 1. The quantitative estimate of drug-likeness (QED) is 0.357. The minimum atomic E-state index is -1.24. The fourth-order valence-electron chi connectivity index (χ4n) is 6.97. The molecule has 0 spiro atoms. The lowest BCUT2D eigenvalue weighted by Gasteiger charge is -2.32. The number of carbonyl (C=O) groups is 5. The van der Waals surface area contributed by atoms with Crippen molar-refractivity contribution >= 4 is 29.7 Å². The van der Waals surface area contributed by atoms with Gasteiger partial charge in [0.1, 0.15) is 29.3 Å². The highest BCUT2D eigenvalue weighted by Gasteiger charge is 2.63. The number of ether oxygens (including phenoxy) is 1. The third-order valence-electron chi connectivity index (χ3n) is 9.45. The van der Waals surface area contributed by atoms with Crippen LogP contribution in [0.25, 0.3) is 0 Å². The van der Waals surface area contributed by atoms with E-state index < -0.39 is 53.3 Å². The Hall–Kier alpha value is -3.93. The Balaban J connectivity index is 1.34. The topological polar surface area (TPSA) is 157 Å². The molecule has 5 amide bonds.